The number of hydrogen-bond acceptors (Lipinski definition) is 10. The molecule has 210 valence electrons. The molecule has 0 aliphatic carbocycles. The van der Waals surface area contributed by atoms with Gasteiger partial charge in [-0.05, 0) is 51.8 Å². The van der Waals surface area contributed by atoms with Crippen LogP contribution in [0.15, 0.2) is 15.9 Å². The molecule has 0 saturated carbocycles. The second-order valence-electron chi connectivity index (χ2n) is 8.65. The van der Waals surface area contributed by atoms with Gasteiger partial charge < -0.3 is 18.2 Å². The molecule has 3 aromatic rings. The van der Waals surface area contributed by atoms with Crippen LogP contribution in [0.1, 0.15) is 43.8 Å². The Balaban J connectivity index is 2.11. The highest BCUT2D eigenvalue weighted by Gasteiger charge is 2.16. The summed E-state index contributed by atoms with van der Waals surface area (Å²) in [4.78, 5) is 17.9. The maximum absolute atomic E-state index is 13.1. The van der Waals surface area contributed by atoms with Crippen molar-refractivity contribution in [2.75, 3.05) is 11.5 Å². The van der Waals surface area contributed by atoms with Crippen molar-refractivity contribution in [1.29, 1.82) is 0 Å². The first kappa shape index (κ1) is 30.3. The third-order valence-electron chi connectivity index (χ3n) is 6.04. The molecule has 0 aliphatic rings. The van der Waals surface area contributed by atoms with E-state index in [1.807, 2.05) is 31.4 Å². The number of hydrogen-bond donors (Lipinski definition) is 1. The topological polar surface area (TPSA) is 164 Å². The minimum absolute atomic E-state index is 0.0697. The van der Waals surface area contributed by atoms with E-state index in [1.165, 1.54) is 4.57 Å². The van der Waals surface area contributed by atoms with Gasteiger partial charge >= 0.3 is 5.69 Å². The van der Waals surface area contributed by atoms with E-state index in [-0.39, 0.29) is 35.6 Å². The largest absolute Gasteiger partial charge is 0.748 e. The molecule has 0 N–H and O–H groups in total. The maximum Gasteiger partial charge on any atom is 0.330 e. The molecule has 0 radical (unpaired) electrons. The smallest absolute Gasteiger partial charge is 0.330 e. The van der Waals surface area contributed by atoms with Crippen molar-refractivity contribution in [3.63, 3.8) is 0 Å². The Hall–Kier alpha value is -2.24. The average molecular weight is 604 g/mol. The van der Waals surface area contributed by atoms with Crippen LogP contribution in [-0.2, 0) is 46.4 Å². The zero-order valence-corrected chi connectivity index (χ0v) is 24.5. The van der Waals surface area contributed by atoms with Gasteiger partial charge in [-0.1, -0.05) is 12.2 Å². The van der Waals surface area contributed by atoms with Crippen LogP contribution in [-0.4, -0.2) is 60.7 Å². The normalized spacial score (nSPS) is 12.8. The van der Waals surface area contributed by atoms with E-state index in [1.54, 1.807) is 12.2 Å². The highest BCUT2D eigenvalue weighted by atomic mass is 32.2. The maximum atomic E-state index is 13.1. The zero-order chi connectivity index (χ0) is 28.4. The van der Waals surface area contributed by atoms with E-state index in [0.717, 1.165) is 28.0 Å². The van der Waals surface area contributed by atoms with E-state index in [2.05, 4.69) is 17.2 Å². The highest BCUT2D eigenvalue weighted by Crippen LogP contribution is 2.24. The molecule has 38 heavy (non-hydrogen) atoms. The number of fused-ring (bicyclic) bond motifs is 1. The molecule has 16 heteroatoms. The SMILES string of the molecule is CCn1c(C)cc2nc(/C=C/c3c(S)n(CCCS(=O)(=O)[O-])c(=O)n(CCCS(=O)(=O)[O-])c3=S)n(CC)c21. The predicted octanol–water partition coefficient (Wildman–Crippen LogP) is 2.21. The Kier molecular flexibility index (Phi) is 9.47. The van der Waals surface area contributed by atoms with Crippen molar-refractivity contribution in [3.05, 3.63) is 38.3 Å². The van der Waals surface area contributed by atoms with Gasteiger partial charge in [-0.3, -0.25) is 9.13 Å². The molecule has 0 fully saturated rings. The Morgan fingerprint density at radius 2 is 1.50 bits per heavy atom. The predicted molar refractivity (Wildman–Crippen MR) is 148 cm³/mol. The van der Waals surface area contributed by atoms with Gasteiger partial charge in [-0.15, -0.1) is 12.6 Å². The number of aromatic nitrogens is 5. The van der Waals surface area contributed by atoms with Crippen molar-refractivity contribution in [1.82, 2.24) is 23.3 Å². The quantitative estimate of drug-likeness (QED) is 0.141. The summed E-state index contributed by atoms with van der Waals surface area (Å²) in [6.45, 7) is 7.17. The summed E-state index contributed by atoms with van der Waals surface area (Å²) in [5.41, 5.74) is 2.57. The molecule has 3 rings (SSSR count). The summed E-state index contributed by atoms with van der Waals surface area (Å²) in [6.07, 6.45) is 3.08. The molecular formula is C22H29N5O7S4-2. The molecule has 0 saturated heterocycles. The van der Waals surface area contributed by atoms with Gasteiger partial charge in [0.2, 0.25) is 0 Å². The monoisotopic (exact) mass is 603 g/mol. The van der Waals surface area contributed by atoms with Gasteiger partial charge in [-0.25, -0.2) is 26.6 Å². The Morgan fingerprint density at radius 1 is 0.947 bits per heavy atom. The lowest BCUT2D eigenvalue weighted by atomic mass is 10.2. The van der Waals surface area contributed by atoms with Crippen LogP contribution in [0.3, 0.4) is 0 Å². The van der Waals surface area contributed by atoms with Crippen molar-refractivity contribution in [3.8, 4) is 0 Å². The van der Waals surface area contributed by atoms with E-state index >= 15 is 0 Å². The van der Waals surface area contributed by atoms with Gasteiger partial charge in [0.1, 0.15) is 21.6 Å². The molecule has 12 nitrogen and oxygen atoms in total. The molecule has 0 amide bonds. The summed E-state index contributed by atoms with van der Waals surface area (Å²) in [5, 5.41) is 0.153. The average Bonchev–Trinajstić information content (AvgIpc) is 3.29. The molecule has 0 aromatic carbocycles. The van der Waals surface area contributed by atoms with Gasteiger partial charge in [0.05, 0.1) is 25.3 Å². The lowest BCUT2D eigenvalue weighted by molar-refractivity contribution is 0.453. The number of aryl methyl sites for hydroxylation is 3. The summed E-state index contributed by atoms with van der Waals surface area (Å²) >= 11 is 10.0. The van der Waals surface area contributed by atoms with Crippen LogP contribution in [0, 0.1) is 11.6 Å². The van der Waals surface area contributed by atoms with Crippen LogP contribution in [0.5, 0.6) is 0 Å². The molecular weight excluding hydrogens is 575 g/mol. The fourth-order valence-corrected chi connectivity index (χ4v) is 6.09. The molecule has 3 aromatic heterocycles. The van der Waals surface area contributed by atoms with Crippen LogP contribution < -0.4 is 5.69 Å². The van der Waals surface area contributed by atoms with Gasteiger partial charge in [0.25, 0.3) is 0 Å². The number of thiol groups is 1. The van der Waals surface area contributed by atoms with Crippen LogP contribution in [0.25, 0.3) is 23.3 Å². The van der Waals surface area contributed by atoms with Crippen LogP contribution in [0.4, 0.5) is 0 Å². The van der Waals surface area contributed by atoms with Gasteiger partial charge in [0, 0.05) is 48.9 Å². The van der Waals surface area contributed by atoms with Crippen LogP contribution in [0.2, 0.25) is 0 Å². The number of nitrogens with zero attached hydrogens (tertiary/aromatic N) is 5. The van der Waals surface area contributed by atoms with E-state index in [0.29, 0.717) is 17.9 Å². The molecule has 0 bridgehead atoms. The van der Waals surface area contributed by atoms with Crippen molar-refractivity contribution >= 4 is 68.4 Å². The Bertz CT molecular complexity index is 1710. The van der Waals surface area contributed by atoms with Crippen LogP contribution >= 0.6 is 24.8 Å². The fourth-order valence-electron chi connectivity index (χ4n) is 4.35. The third kappa shape index (κ3) is 6.84. The van der Waals surface area contributed by atoms with E-state index < -0.39 is 37.4 Å². The first-order valence-electron chi connectivity index (χ1n) is 11.9. The standard InChI is InChI=1S/C22H31N5O7S4/c1-4-24-15(3)14-17-19(24)25(5-2)18(23-17)9-8-16-20(35)26(10-6-12-37(29,30)31)22(28)27(21(16)36)11-7-13-38(32,33)34/h8-9,14,35H,4-7,10-13H2,1-3H3,(H,29,30,31)(H,32,33,34)/p-2/b9-8+. The highest BCUT2D eigenvalue weighted by molar-refractivity contribution is 7.85. The van der Waals surface area contributed by atoms with Crippen molar-refractivity contribution in [2.24, 2.45) is 0 Å². The third-order valence-corrected chi connectivity index (χ3v) is 8.54. The Labute approximate surface area is 231 Å². The van der Waals surface area contributed by atoms with Gasteiger partial charge in [-0.2, -0.15) is 0 Å². The number of imidazole rings is 1. The summed E-state index contributed by atoms with van der Waals surface area (Å²) in [5.74, 6) is -0.722. The first-order chi connectivity index (χ1) is 17.7. The first-order valence-corrected chi connectivity index (χ1v) is 15.9. The van der Waals surface area contributed by atoms with E-state index in [4.69, 9.17) is 17.2 Å². The molecule has 0 aliphatic heterocycles. The second kappa shape index (κ2) is 11.9. The Morgan fingerprint density at radius 3 is 2.03 bits per heavy atom. The number of rotatable bonds is 12. The fraction of sp³-hybridized carbons (Fsp3) is 0.500. The van der Waals surface area contributed by atoms with Crippen molar-refractivity contribution < 1.29 is 25.9 Å². The molecule has 0 atom stereocenters. The molecule has 0 spiro atoms. The second-order valence-corrected chi connectivity index (χ2v) is 12.5. The summed E-state index contributed by atoms with van der Waals surface area (Å²) in [6, 6.07) is 1.99. The van der Waals surface area contributed by atoms with Crippen molar-refractivity contribution in [2.45, 2.75) is 64.8 Å². The lowest BCUT2D eigenvalue weighted by Gasteiger charge is -2.17. The molecule has 3 heterocycles. The minimum atomic E-state index is -4.50. The van der Waals surface area contributed by atoms with E-state index in [9.17, 15) is 30.7 Å². The molecule has 0 unspecified atom stereocenters. The summed E-state index contributed by atoms with van der Waals surface area (Å²) in [7, 11) is -8.99. The van der Waals surface area contributed by atoms with Gasteiger partial charge in [0.15, 0.2) is 0 Å². The minimum Gasteiger partial charge on any atom is -0.748 e. The summed E-state index contributed by atoms with van der Waals surface area (Å²) < 4.78 is 72.9. The zero-order valence-electron chi connectivity index (χ0n) is 21.2. The lowest BCUT2D eigenvalue weighted by Crippen LogP contribution is -2.34.